The van der Waals surface area contributed by atoms with Crippen molar-refractivity contribution < 1.29 is 14.3 Å². The van der Waals surface area contributed by atoms with Crippen LogP contribution in [-0.4, -0.2) is 37.9 Å². The van der Waals surface area contributed by atoms with Crippen LogP contribution in [0.1, 0.15) is 12.8 Å². The summed E-state index contributed by atoms with van der Waals surface area (Å²) in [6.07, 6.45) is 2.00. The van der Waals surface area contributed by atoms with E-state index < -0.39 is 0 Å². The summed E-state index contributed by atoms with van der Waals surface area (Å²) in [7, 11) is 1.42. The first-order chi connectivity index (χ1) is 5.81. The molecule has 0 aromatic heterocycles. The van der Waals surface area contributed by atoms with E-state index in [0.29, 0.717) is 6.04 Å². The highest BCUT2D eigenvalue weighted by atomic mass is 35.5. The molecular weight excluding hydrogens is 194 g/mol. The molecule has 13 heavy (non-hydrogen) atoms. The molecular formula is C8H14ClNO3. The largest absolute Gasteiger partial charge is 0.468 e. The second kappa shape index (κ2) is 4.26. The van der Waals surface area contributed by atoms with Gasteiger partial charge in [0.05, 0.1) is 13.2 Å². The van der Waals surface area contributed by atoms with Gasteiger partial charge < -0.3 is 9.47 Å². The average molecular weight is 208 g/mol. The predicted octanol–water partition coefficient (Wildman–Crippen LogP) is 0.101. The van der Waals surface area contributed by atoms with E-state index >= 15 is 0 Å². The highest BCUT2D eigenvalue weighted by Gasteiger charge is 2.41. The van der Waals surface area contributed by atoms with Gasteiger partial charge in [-0.25, -0.2) is 0 Å². The molecule has 2 fully saturated rings. The molecule has 2 rings (SSSR count). The number of carbonyl (C=O) groups is 1. The van der Waals surface area contributed by atoms with Crippen molar-refractivity contribution in [3.8, 4) is 0 Å². The summed E-state index contributed by atoms with van der Waals surface area (Å²) in [5.74, 6) is -0.173. The summed E-state index contributed by atoms with van der Waals surface area (Å²) >= 11 is 0. The first-order valence-electron chi connectivity index (χ1n) is 4.26. The molecule has 0 saturated carbocycles. The second-order valence-corrected chi connectivity index (χ2v) is 3.28. The number of ether oxygens (including phenoxy) is 2. The molecule has 0 aromatic carbocycles. The van der Waals surface area contributed by atoms with Gasteiger partial charge in [-0.05, 0) is 6.42 Å². The molecule has 5 heteroatoms. The molecule has 0 bridgehead atoms. The normalized spacial score (nSPS) is 36.5. The number of esters is 1. The summed E-state index contributed by atoms with van der Waals surface area (Å²) in [6.45, 7) is 0.816. The van der Waals surface area contributed by atoms with Crippen molar-refractivity contribution in [2.45, 2.75) is 31.0 Å². The molecule has 0 aromatic rings. The fraction of sp³-hybridized carbons (Fsp3) is 0.875. The second-order valence-electron chi connectivity index (χ2n) is 3.28. The number of fused-ring (bicyclic) bond motifs is 1. The highest BCUT2D eigenvalue weighted by molar-refractivity contribution is 5.85. The number of methoxy groups -OCH3 is 1. The van der Waals surface area contributed by atoms with E-state index in [4.69, 9.17) is 4.74 Å². The van der Waals surface area contributed by atoms with Gasteiger partial charge in [-0.2, -0.15) is 0 Å². The topological polar surface area (TPSA) is 47.6 Å². The van der Waals surface area contributed by atoms with Gasteiger partial charge in [0.25, 0.3) is 0 Å². The lowest BCUT2D eigenvalue weighted by Crippen LogP contribution is -2.36. The van der Waals surface area contributed by atoms with E-state index in [1.807, 2.05) is 0 Å². The van der Waals surface area contributed by atoms with Crippen molar-refractivity contribution in [2.24, 2.45) is 0 Å². The Balaban J connectivity index is 0.000000845. The van der Waals surface area contributed by atoms with E-state index in [1.54, 1.807) is 0 Å². The average Bonchev–Trinajstić information content (AvgIpc) is 2.60. The van der Waals surface area contributed by atoms with Crippen LogP contribution in [0.4, 0.5) is 0 Å². The van der Waals surface area contributed by atoms with Crippen molar-refractivity contribution >= 4 is 18.4 Å². The monoisotopic (exact) mass is 207 g/mol. The Morgan fingerprint density at radius 1 is 1.62 bits per heavy atom. The van der Waals surface area contributed by atoms with Crippen molar-refractivity contribution in [3.05, 3.63) is 0 Å². The Labute approximate surface area is 83.4 Å². The van der Waals surface area contributed by atoms with Crippen molar-refractivity contribution in [1.29, 1.82) is 0 Å². The quantitative estimate of drug-likeness (QED) is 0.620. The zero-order valence-corrected chi connectivity index (χ0v) is 8.30. The van der Waals surface area contributed by atoms with Gasteiger partial charge in [0.1, 0.15) is 6.04 Å². The molecule has 0 spiro atoms. The van der Waals surface area contributed by atoms with Gasteiger partial charge in [0.2, 0.25) is 0 Å². The molecule has 1 N–H and O–H groups in total. The number of hydrogen-bond acceptors (Lipinski definition) is 4. The molecule has 2 aliphatic rings. The molecule has 76 valence electrons. The lowest BCUT2D eigenvalue weighted by molar-refractivity contribution is -0.143. The van der Waals surface area contributed by atoms with Crippen molar-refractivity contribution in [2.75, 3.05) is 13.7 Å². The molecule has 3 atom stereocenters. The Kier molecular flexibility index (Phi) is 3.53. The smallest absolute Gasteiger partial charge is 0.322 e. The lowest BCUT2D eigenvalue weighted by Gasteiger charge is -2.08. The van der Waals surface area contributed by atoms with Crippen LogP contribution in [0.25, 0.3) is 0 Å². The van der Waals surface area contributed by atoms with E-state index in [0.717, 1.165) is 19.4 Å². The van der Waals surface area contributed by atoms with Gasteiger partial charge in [-0.3, -0.25) is 10.1 Å². The van der Waals surface area contributed by atoms with Gasteiger partial charge in [-0.15, -0.1) is 12.4 Å². The van der Waals surface area contributed by atoms with Crippen LogP contribution in [0.15, 0.2) is 0 Å². The van der Waals surface area contributed by atoms with Crippen LogP contribution >= 0.6 is 12.4 Å². The third kappa shape index (κ3) is 1.95. The van der Waals surface area contributed by atoms with Crippen molar-refractivity contribution in [1.82, 2.24) is 5.32 Å². The number of rotatable bonds is 1. The minimum Gasteiger partial charge on any atom is -0.468 e. The molecule has 4 nitrogen and oxygen atoms in total. The summed E-state index contributed by atoms with van der Waals surface area (Å²) in [5, 5.41) is 3.20. The number of hydrogen-bond donors (Lipinski definition) is 1. The molecule has 2 heterocycles. The summed E-state index contributed by atoms with van der Waals surface area (Å²) in [5.41, 5.74) is 0. The van der Waals surface area contributed by atoms with E-state index in [2.05, 4.69) is 10.1 Å². The summed E-state index contributed by atoms with van der Waals surface area (Å²) in [4.78, 5) is 11.1. The summed E-state index contributed by atoms with van der Waals surface area (Å²) < 4.78 is 10.1. The van der Waals surface area contributed by atoms with Gasteiger partial charge >= 0.3 is 5.97 Å². The Morgan fingerprint density at radius 2 is 2.38 bits per heavy atom. The van der Waals surface area contributed by atoms with Gasteiger partial charge in [0.15, 0.2) is 0 Å². The Morgan fingerprint density at radius 3 is 3.00 bits per heavy atom. The van der Waals surface area contributed by atoms with E-state index in [9.17, 15) is 4.79 Å². The third-order valence-corrected chi connectivity index (χ3v) is 2.58. The zero-order valence-electron chi connectivity index (χ0n) is 7.49. The molecule has 0 radical (unpaired) electrons. The molecule has 2 aliphatic heterocycles. The maximum atomic E-state index is 11.1. The van der Waals surface area contributed by atoms with E-state index in [-0.39, 0.29) is 30.5 Å². The fourth-order valence-electron chi connectivity index (χ4n) is 1.94. The maximum Gasteiger partial charge on any atom is 0.322 e. The number of nitrogens with one attached hydrogen (secondary N) is 1. The highest BCUT2D eigenvalue weighted by Crippen LogP contribution is 2.25. The zero-order chi connectivity index (χ0) is 8.55. The first kappa shape index (κ1) is 10.8. The minimum atomic E-state index is -0.173. The predicted molar refractivity (Wildman–Crippen MR) is 48.9 cm³/mol. The van der Waals surface area contributed by atoms with Crippen LogP contribution in [-0.2, 0) is 14.3 Å². The molecule has 2 saturated heterocycles. The van der Waals surface area contributed by atoms with Crippen LogP contribution in [0.5, 0.6) is 0 Å². The Hall–Kier alpha value is -0.320. The first-order valence-corrected chi connectivity index (χ1v) is 4.26. The third-order valence-electron chi connectivity index (χ3n) is 2.58. The van der Waals surface area contributed by atoms with Gasteiger partial charge in [-0.1, -0.05) is 0 Å². The number of carbonyl (C=O) groups excluding carboxylic acids is 1. The lowest BCUT2D eigenvalue weighted by atomic mass is 10.1. The minimum absolute atomic E-state index is 0. The molecule has 1 unspecified atom stereocenters. The summed E-state index contributed by atoms with van der Waals surface area (Å²) in [6, 6.07) is 0.222. The fourth-order valence-corrected chi connectivity index (χ4v) is 1.94. The molecule has 0 aliphatic carbocycles. The van der Waals surface area contributed by atoms with Crippen LogP contribution in [0, 0.1) is 0 Å². The Bertz CT molecular complexity index is 188. The number of halogens is 1. The maximum absolute atomic E-state index is 11.1. The van der Waals surface area contributed by atoms with Gasteiger partial charge in [0, 0.05) is 19.1 Å². The van der Waals surface area contributed by atoms with Crippen LogP contribution < -0.4 is 5.32 Å². The van der Waals surface area contributed by atoms with E-state index in [1.165, 1.54) is 7.11 Å². The van der Waals surface area contributed by atoms with Crippen LogP contribution in [0.2, 0.25) is 0 Å². The standard InChI is InChI=1S/C8H13NO3.ClH/c1-11-8(10)6-4-7-5(9-6)2-3-12-7;/h5-7,9H,2-4H2,1H3;1H/t5-,6?,7-;/m1./s1. The SMILES string of the molecule is COC(=O)C1C[C@H]2OCC[C@H]2N1.Cl. The molecule has 0 amide bonds. The van der Waals surface area contributed by atoms with Crippen LogP contribution in [0.3, 0.4) is 0 Å². The van der Waals surface area contributed by atoms with Crippen molar-refractivity contribution in [3.63, 3.8) is 0 Å².